The summed E-state index contributed by atoms with van der Waals surface area (Å²) in [5.41, 5.74) is -2.84. The molecule has 3 fully saturated rings. The fraction of sp³-hybridized carbons (Fsp3) is 0.750. The van der Waals surface area contributed by atoms with Crippen molar-refractivity contribution >= 4 is 35.1 Å². The van der Waals surface area contributed by atoms with Gasteiger partial charge in [-0.15, -0.1) is 11.6 Å². The summed E-state index contributed by atoms with van der Waals surface area (Å²) in [6, 6.07) is 0. The molecule has 3 saturated carbocycles. The number of ketones is 2. The molecule has 5 N–H and O–H groups in total. The first-order chi connectivity index (χ1) is 22.5. The second kappa shape index (κ2) is 15.3. The number of halogens is 1. The van der Waals surface area contributed by atoms with E-state index >= 15 is 0 Å². The Bertz CT molecular complexity index is 1290. The third kappa shape index (κ3) is 7.13. The molecule has 8 atom stereocenters. The molecule has 0 amide bonds. The lowest BCUT2D eigenvalue weighted by molar-refractivity contribution is -0.492. The summed E-state index contributed by atoms with van der Waals surface area (Å²) in [7, 11) is 0. The molecule has 4 aliphatic rings. The zero-order valence-corrected chi connectivity index (χ0v) is 28.3. The summed E-state index contributed by atoms with van der Waals surface area (Å²) < 4.78 is 11.6. The van der Waals surface area contributed by atoms with Crippen LogP contribution in [0.5, 0.6) is 0 Å². The zero-order valence-electron chi connectivity index (χ0n) is 27.5. The molecule has 4 rings (SSSR count). The van der Waals surface area contributed by atoms with Gasteiger partial charge in [0.05, 0.1) is 35.0 Å². The molecule has 0 aromatic heterocycles. The van der Waals surface area contributed by atoms with Crippen LogP contribution in [0.25, 0.3) is 0 Å². The summed E-state index contributed by atoms with van der Waals surface area (Å²) in [6.45, 7) is 4.70. The van der Waals surface area contributed by atoms with E-state index in [0.29, 0.717) is 38.5 Å². The Balaban J connectivity index is 1.59. The number of ether oxygens (including phenoxy) is 2. The second-order valence-electron chi connectivity index (χ2n) is 13.8. The first kappa shape index (κ1) is 38.5. The lowest BCUT2D eigenvalue weighted by Crippen LogP contribution is -2.69. The van der Waals surface area contributed by atoms with Crippen molar-refractivity contribution in [1.82, 2.24) is 10.8 Å². The smallest absolute Gasteiger partial charge is 0.306 e. The van der Waals surface area contributed by atoms with Gasteiger partial charge in [0.1, 0.15) is 0 Å². The van der Waals surface area contributed by atoms with Crippen molar-refractivity contribution in [3.05, 3.63) is 23.8 Å². The van der Waals surface area contributed by atoms with Crippen LogP contribution in [0.15, 0.2) is 23.8 Å². The summed E-state index contributed by atoms with van der Waals surface area (Å²) in [6.07, 6.45) is 6.36. The average Bonchev–Trinajstić information content (AvgIpc) is 3.22. The van der Waals surface area contributed by atoms with Gasteiger partial charge in [-0.2, -0.15) is 0 Å². The molecule has 15 nitrogen and oxygen atoms in total. The number of esters is 2. The van der Waals surface area contributed by atoms with Gasteiger partial charge >= 0.3 is 11.9 Å². The Morgan fingerprint density at radius 2 is 1.60 bits per heavy atom. The number of allylic oxidation sites excluding steroid dienone is 4. The molecule has 0 radical (unpaired) electrons. The van der Waals surface area contributed by atoms with E-state index in [1.54, 1.807) is 12.2 Å². The molecular formula is C32H47ClN2O13. The Hall–Kier alpha value is -2.31. The molecule has 2 unspecified atom stereocenters. The lowest BCUT2D eigenvalue weighted by atomic mass is 9.45. The van der Waals surface area contributed by atoms with E-state index in [0.717, 1.165) is 5.57 Å². The summed E-state index contributed by atoms with van der Waals surface area (Å²) in [5, 5.41) is 45.8. The van der Waals surface area contributed by atoms with Gasteiger partial charge in [-0.05, 0) is 68.9 Å². The molecule has 270 valence electrons. The molecule has 0 aromatic rings. The van der Waals surface area contributed by atoms with Gasteiger partial charge in [0.15, 0.2) is 18.0 Å². The number of unbranched alkanes of at least 4 members (excludes halogenated alkanes) is 2. The van der Waals surface area contributed by atoms with Crippen molar-refractivity contribution in [3.63, 3.8) is 0 Å². The van der Waals surface area contributed by atoms with Crippen molar-refractivity contribution in [2.75, 3.05) is 19.8 Å². The Morgan fingerprint density at radius 1 is 0.958 bits per heavy atom. The third-order valence-electron chi connectivity index (χ3n) is 11.2. The van der Waals surface area contributed by atoms with Crippen molar-refractivity contribution < 1.29 is 64.3 Å². The second-order valence-corrected chi connectivity index (χ2v) is 14.4. The quantitative estimate of drug-likeness (QED) is 0.0672. The number of carbonyl (C=O) groups excluding carboxylic acids is 4. The van der Waals surface area contributed by atoms with E-state index in [4.69, 9.17) is 41.9 Å². The molecule has 0 aliphatic heterocycles. The molecule has 0 heterocycles. The number of aliphatic hydroxyl groups excluding tert-OH is 1. The van der Waals surface area contributed by atoms with Crippen LogP contribution in [0.3, 0.4) is 0 Å². The van der Waals surface area contributed by atoms with Gasteiger partial charge in [0, 0.05) is 29.6 Å². The highest BCUT2D eigenvalue weighted by Crippen LogP contribution is 2.72. The number of hydrogen-bond acceptors (Lipinski definition) is 15. The summed E-state index contributed by atoms with van der Waals surface area (Å²) in [5.74, 6) is -3.27. The van der Waals surface area contributed by atoms with Gasteiger partial charge in [0.25, 0.3) is 0 Å². The Morgan fingerprint density at radius 3 is 2.27 bits per heavy atom. The number of nitrogens with zero attached hydrogens (tertiary/aromatic N) is 2. The van der Waals surface area contributed by atoms with E-state index < -0.39 is 63.0 Å². The van der Waals surface area contributed by atoms with E-state index in [-0.39, 0.29) is 61.9 Å². The van der Waals surface area contributed by atoms with E-state index in [2.05, 4.69) is 9.68 Å². The summed E-state index contributed by atoms with van der Waals surface area (Å²) in [4.78, 5) is 60.4. The van der Waals surface area contributed by atoms with Crippen LogP contribution in [-0.4, -0.2) is 96.6 Å². The minimum Gasteiger partial charge on any atom is -0.457 e. The first-order valence-corrected chi connectivity index (χ1v) is 16.7. The fourth-order valence-corrected chi connectivity index (χ4v) is 9.53. The van der Waals surface area contributed by atoms with Crippen LogP contribution in [-0.2, 0) is 38.3 Å². The molecule has 4 aliphatic carbocycles. The maximum Gasteiger partial charge on any atom is 0.306 e. The monoisotopic (exact) mass is 702 g/mol. The van der Waals surface area contributed by atoms with Crippen LogP contribution >= 0.6 is 11.6 Å². The number of alkyl halides is 1. The van der Waals surface area contributed by atoms with E-state index in [1.807, 2.05) is 20.8 Å². The highest BCUT2D eigenvalue weighted by molar-refractivity contribution is 6.26. The number of rotatable bonds is 16. The normalized spacial score (nSPS) is 35.6. The van der Waals surface area contributed by atoms with Gasteiger partial charge in [0.2, 0.25) is 5.78 Å². The summed E-state index contributed by atoms with van der Waals surface area (Å²) >= 11 is 7.55. The molecule has 0 spiro atoms. The Kier molecular flexibility index (Phi) is 12.3. The topological polar surface area (TPSA) is 213 Å². The maximum absolute atomic E-state index is 14.4. The number of fused-ring (bicyclic) bond motifs is 5. The highest BCUT2D eigenvalue weighted by atomic mass is 35.5. The van der Waals surface area contributed by atoms with Gasteiger partial charge in [-0.1, -0.05) is 38.8 Å². The number of aliphatic hydroxyl groups is 1. The Labute approximate surface area is 283 Å². The van der Waals surface area contributed by atoms with E-state index in [1.165, 1.54) is 6.08 Å². The minimum absolute atomic E-state index is 0.00590. The molecule has 48 heavy (non-hydrogen) atoms. The van der Waals surface area contributed by atoms with Crippen LogP contribution in [0.4, 0.5) is 0 Å². The molecule has 0 saturated heterocycles. The fourth-order valence-electron chi connectivity index (χ4n) is 9.01. The number of hydrogen-bond donors (Lipinski definition) is 5. The van der Waals surface area contributed by atoms with Crippen molar-refractivity contribution in [2.24, 2.45) is 28.6 Å². The van der Waals surface area contributed by atoms with Gasteiger partial charge in [-0.3, -0.25) is 49.7 Å². The van der Waals surface area contributed by atoms with Crippen molar-refractivity contribution in [1.29, 1.82) is 0 Å². The van der Waals surface area contributed by atoms with Gasteiger partial charge < -0.3 is 14.6 Å². The SMILES string of the molecule is C[C@H]1CC2C3CCC4=CC(=O)C=C[C@]4(C)[C@@]3(Cl)[C@@H](O)C[C@]2(C)[C@@]1(OC(=O)CCCCCON(O)O)C(=O)COC(=O)CCCON(O)O. The van der Waals surface area contributed by atoms with Crippen molar-refractivity contribution in [2.45, 2.75) is 102 Å². The lowest BCUT2D eigenvalue weighted by Gasteiger charge is -2.64. The standard InChI is InChI=1S/C32H47ClN2O13/c1-20-16-24-23-11-10-21-17-22(36)12-13-29(21,2)31(23,33)25(37)18-30(24,3)32(20,48-28(40)8-5-4-6-14-46-34(41)42)26(38)19-45-27(39)9-7-15-47-35(43)44/h12-13,17,20,23-25,37,41-44H,4-11,14-16,18-19H2,1-3H3/t20-,23?,24?,25-,29-,30-,31-,32-/m0/s1. The first-order valence-electron chi connectivity index (χ1n) is 16.4. The van der Waals surface area contributed by atoms with Crippen LogP contribution in [0, 0.1) is 28.6 Å². The molecule has 0 bridgehead atoms. The largest absolute Gasteiger partial charge is 0.457 e. The predicted molar refractivity (Wildman–Crippen MR) is 163 cm³/mol. The minimum atomic E-state index is -1.77. The van der Waals surface area contributed by atoms with Crippen molar-refractivity contribution in [3.8, 4) is 0 Å². The van der Waals surface area contributed by atoms with Crippen LogP contribution in [0.1, 0.15) is 85.0 Å². The number of Topliss-reactive ketones (excluding diaryl/α,β-unsaturated/α-hetero) is 1. The van der Waals surface area contributed by atoms with Crippen LogP contribution < -0.4 is 0 Å². The van der Waals surface area contributed by atoms with E-state index in [9.17, 15) is 24.3 Å². The van der Waals surface area contributed by atoms with Crippen LogP contribution in [0.2, 0.25) is 0 Å². The maximum atomic E-state index is 14.4. The third-order valence-corrected chi connectivity index (χ3v) is 12.1. The average molecular weight is 703 g/mol. The highest BCUT2D eigenvalue weighted by Gasteiger charge is 2.76. The zero-order chi connectivity index (χ0) is 35.5. The molecular weight excluding hydrogens is 656 g/mol. The number of carbonyl (C=O) groups is 4. The van der Waals surface area contributed by atoms with Gasteiger partial charge in [-0.25, -0.2) is 0 Å². The predicted octanol–water partition coefficient (Wildman–Crippen LogP) is 3.63. The molecule has 16 heteroatoms. The molecule has 0 aromatic carbocycles.